The SMILES string of the molecule is CCOC(=O)c1c(CCCOc2cccc3cc(F)ccc23)c2ccc(Cl)c3c2n1CCCCOC(CCN1CCN(C)CC1)c1nn(C)c(CC)c1-3. The maximum Gasteiger partial charge on any atom is 0.355 e. The first-order chi connectivity index (χ1) is 25.8. The van der Waals surface area contributed by atoms with Crippen molar-refractivity contribution in [2.24, 2.45) is 7.05 Å². The molecule has 53 heavy (non-hydrogen) atoms. The van der Waals surface area contributed by atoms with Gasteiger partial charge >= 0.3 is 5.97 Å². The minimum absolute atomic E-state index is 0.198. The van der Waals surface area contributed by atoms with Crippen molar-refractivity contribution in [2.45, 2.75) is 65.0 Å². The number of esters is 1. The molecular formula is C42H51ClFN5O4. The maximum absolute atomic E-state index is 14.0. The van der Waals surface area contributed by atoms with Gasteiger partial charge in [-0.15, -0.1) is 0 Å². The molecule has 1 fully saturated rings. The second kappa shape index (κ2) is 16.6. The number of rotatable bonds is 11. The summed E-state index contributed by atoms with van der Waals surface area (Å²) in [5.74, 6) is 0.0943. The molecule has 0 saturated carbocycles. The van der Waals surface area contributed by atoms with Crippen molar-refractivity contribution in [3.8, 4) is 16.9 Å². The van der Waals surface area contributed by atoms with Crippen molar-refractivity contribution in [1.29, 1.82) is 0 Å². The summed E-state index contributed by atoms with van der Waals surface area (Å²) in [5.41, 5.74) is 6.34. The molecule has 1 unspecified atom stereocenters. The van der Waals surface area contributed by atoms with Crippen LogP contribution in [0, 0.1) is 5.82 Å². The Balaban J connectivity index is 1.29. The van der Waals surface area contributed by atoms with Crippen molar-refractivity contribution < 1.29 is 23.4 Å². The Bertz CT molecular complexity index is 2090. The Hall–Kier alpha value is -3.96. The summed E-state index contributed by atoms with van der Waals surface area (Å²) in [6.07, 6.45) is 4.30. The van der Waals surface area contributed by atoms with Gasteiger partial charge in [0.25, 0.3) is 0 Å². The third-order valence-corrected chi connectivity index (χ3v) is 11.2. The van der Waals surface area contributed by atoms with E-state index >= 15 is 0 Å². The van der Waals surface area contributed by atoms with Crippen LogP contribution in [-0.4, -0.2) is 89.7 Å². The minimum atomic E-state index is -0.337. The number of benzene rings is 3. The van der Waals surface area contributed by atoms with Gasteiger partial charge in [-0.05, 0) is 93.8 Å². The quantitative estimate of drug-likeness (QED) is 0.0998. The van der Waals surface area contributed by atoms with Gasteiger partial charge in [0.1, 0.15) is 23.4 Å². The molecule has 0 N–H and O–H groups in total. The van der Waals surface area contributed by atoms with E-state index in [2.05, 4.69) is 34.4 Å². The molecule has 4 heterocycles. The zero-order valence-electron chi connectivity index (χ0n) is 31.4. The largest absolute Gasteiger partial charge is 0.493 e. The van der Waals surface area contributed by atoms with E-state index in [0.29, 0.717) is 49.1 Å². The zero-order valence-corrected chi connectivity index (χ0v) is 32.2. The normalized spacial score (nSPS) is 17.2. The fourth-order valence-electron chi connectivity index (χ4n) is 8.17. The molecular weight excluding hydrogens is 693 g/mol. The van der Waals surface area contributed by atoms with E-state index in [-0.39, 0.29) is 24.5 Å². The summed E-state index contributed by atoms with van der Waals surface area (Å²) < 4.78 is 36.8. The number of ether oxygens (including phenoxy) is 3. The van der Waals surface area contributed by atoms with Gasteiger partial charge in [0.05, 0.1) is 29.4 Å². The molecule has 0 bridgehead atoms. The van der Waals surface area contributed by atoms with E-state index in [1.165, 1.54) is 12.1 Å². The molecule has 1 atom stereocenters. The molecule has 2 aliphatic heterocycles. The molecule has 0 spiro atoms. The van der Waals surface area contributed by atoms with Crippen molar-refractivity contribution >= 4 is 39.2 Å². The summed E-state index contributed by atoms with van der Waals surface area (Å²) in [4.78, 5) is 18.9. The highest BCUT2D eigenvalue weighted by atomic mass is 35.5. The fraction of sp³-hybridized carbons (Fsp3) is 0.476. The molecule has 282 valence electrons. The van der Waals surface area contributed by atoms with Crippen LogP contribution in [0.2, 0.25) is 5.02 Å². The number of hydrogen-bond donors (Lipinski definition) is 0. The first kappa shape index (κ1) is 37.4. The lowest BCUT2D eigenvalue weighted by Gasteiger charge is -2.33. The van der Waals surface area contributed by atoms with Crippen LogP contribution in [0.1, 0.15) is 73.1 Å². The number of fused-ring (bicyclic) bond motifs is 3. The number of piperazine rings is 1. The van der Waals surface area contributed by atoms with Gasteiger partial charge in [0, 0.05) is 80.5 Å². The highest BCUT2D eigenvalue weighted by Crippen LogP contribution is 2.45. The van der Waals surface area contributed by atoms with E-state index in [1.54, 1.807) is 6.07 Å². The predicted octanol–water partition coefficient (Wildman–Crippen LogP) is 8.23. The first-order valence-corrected chi connectivity index (χ1v) is 19.6. The highest BCUT2D eigenvalue weighted by Gasteiger charge is 2.32. The average Bonchev–Trinajstić information content (AvgIpc) is 3.64. The smallest absolute Gasteiger partial charge is 0.355 e. The topological polar surface area (TPSA) is 74.0 Å². The number of halogens is 2. The van der Waals surface area contributed by atoms with E-state index in [0.717, 1.165) is 108 Å². The van der Waals surface area contributed by atoms with Gasteiger partial charge in [-0.3, -0.25) is 4.68 Å². The van der Waals surface area contributed by atoms with Crippen LogP contribution in [0.4, 0.5) is 4.39 Å². The number of carbonyl (C=O) groups is 1. The number of hydrogen-bond acceptors (Lipinski definition) is 7. The number of nitrogens with zero attached hydrogens (tertiary/aromatic N) is 5. The fourth-order valence-corrected chi connectivity index (χ4v) is 8.42. The second-order valence-corrected chi connectivity index (χ2v) is 14.7. The molecule has 0 radical (unpaired) electrons. The van der Waals surface area contributed by atoms with Crippen LogP contribution in [0.3, 0.4) is 0 Å². The lowest BCUT2D eigenvalue weighted by Crippen LogP contribution is -2.44. The molecule has 7 rings (SSSR count). The van der Waals surface area contributed by atoms with Gasteiger partial charge < -0.3 is 28.6 Å². The standard InChI is InChI=1S/C42H51ClFN5O4/c1-5-34-38-37-33(43)17-16-32-31(12-10-26-52-35-13-9-11-28-27-29(44)14-15-30(28)35)41(42(50)51-6-2)49(40(32)37)19-7-8-25-53-36(39(38)45-47(34)4)18-20-48-23-21-46(3)22-24-48/h9,11,13-17,27,36H,5-8,10,12,18-26H2,1-4H3. The van der Waals surface area contributed by atoms with Gasteiger partial charge in [-0.2, -0.15) is 5.10 Å². The summed E-state index contributed by atoms with van der Waals surface area (Å²) in [7, 11) is 4.19. The lowest BCUT2D eigenvalue weighted by molar-refractivity contribution is 0.0297. The zero-order chi connectivity index (χ0) is 37.1. The van der Waals surface area contributed by atoms with Crippen molar-refractivity contribution in [2.75, 3.05) is 59.6 Å². The van der Waals surface area contributed by atoms with Crippen LogP contribution >= 0.6 is 11.6 Å². The van der Waals surface area contributed by atoms with E-state index in [1.807, 2.05) is 42.9 Å². The summed E-state index contributed by atoms with van der Waals surface area (Å²) in [6.45, 7) is 11.1. The second-order valence-electron chi connectivity index (χ2n) is 14.3. The van der Waals surface area contributed by atoms with E-state index in [9.17, 15) is 9.18 Å². The minimum Gasteiger partial charge on any atom is -0.493 e. The Morgan fingerprint density at radius 2 is 1.81 bits per heavy atom. The number of aromatic nitrogens is 3. The number of likely N-dealkylation sites (N-methyl/N-ethyl adjacent to an activating group) is 1. The molecule has 1 saturated heterocycles. The Labute approximate surface area is 316 Å². The Kier molecular flexibility index (Phi) is 11.7. The van der Waals surface area contributed by atoms with Gasteiger partial charge in [0.15, 0.2) is 0 Å². The molecule has 0 amide bonds. The molecule has 0 aliphatic carbocycles. The van der Waals surface area contributed by atoms with Crippen LogP contribution in [0.25, 0.3) is 32.8 Å². The Morgan fingerprint density at radius 1 is 1.00 bits per heavy atom. The monoisotopic (exact) mass is 743 g/mol. The van der Waals surface area contributed by atoms with Gasteiger partial charge in [0.2, 0.25) is 0 Å². The van der Waals surface area contributed by atoms with Gasteiger partial charge in [-0.1, -0.05) is 36.7 Å². The molecule has 9 nitrogen and oxygen atoms in total. The van der Waals surface area contributed by atoms with Crippen LogP contribution < -0.4 is 4.74 Å². The third-order valence-electron chi connectivity index (χ3n) is 10.9. The van der Waals surface area contributed by atoms with E-state index < -0.39 is 0 Å². The maximum atomic E-state index is 14.0. The Morgan fingerprint density at radius 3 is 2.60 bits per heavy atom. The van der Waals surface area contributed by atoms with Crippen molar-refractivity contribution in [1.82, 2.24) is 24.1 Å². The molecule has 5 aromatic rings. The number of carbonyl (C=O) groups excluding carboxylic acids is 1. The first-order valence-electron chi connectivity index (χ1n) is 19.2. The van der Waals surface area contributed by atoms with Gasteiger partial charge in [-0.25, -0.2) is 9.18 Å². The summed E-state index contributed by atoms with van der Waals surface area (Å²) in [6, 6.07) is 14.4. The summed E-state index contributed by atoms with van der Waals surface area (Å²) in [5, 5.41) is 8.42. The number of aryl methyl sites for hydroxylation is 3. The van der Waals surface area contributed by atoms with Crippen molar-refractivity contribution in [3.63, 3.8) is 0 Å². The molecule has 3 aromatic carbocycles. The highest BCUT2D eigenvalue weighted by molar-refractivity contribution is 6.35. The molecule has 2 aromatic heterocycles. The average molecular weight is 744 g/mol. The summed E-state index contributed by atoms with van der Waals surface area (Å²) >= 11 is 7.29. The lowest BCUT2D eigenvalue weighted by atomic mass is 9.94. The third kappa shape index (κ3) is 7.69. The van der Waals surface area contributed by atoms with Crippen molar-refractivity contribution in [3.05, 3.63) is 82.0 Å². The van der Waals surface area contributed by atoms with Crippen LogP contribution in [-0.2, 0) is 35.9 Å². The van der Waals surface area contributed by atoms with Crippen LogP contribution in [0.5, 0.6) is 5.75 Å². The van der Waals surface area contributed by atoms with E-state index in [4.69, 9.17) is 30.9 Å². The molecule has 11 heteroatoms. The van der Waals surface area contributed by atoms with Crippen LogP contribution in [0.15, 0.2) is 48.5 Å². The molecule has 2 aliphatic rings. The predicted molar refractivity (Wildman–Crippen MR) is 209 cm³/mol.